The van der Waals surface area contributed by atoms with Gasteiger partial charge in [0.1, 0.15) is 0 Å². The summed E-state index contributed by atoms with van der Waals surface area (Å²) in [7, 11) is 0. The molecule has 0 aromatic carbocycles. The van der Waals surface area contributed by atoms with Crippen LogP contribution in [-0.2, 0) is 0 Å². The summed E-state index contributed by atoms with van der Waals surface area (Å²) < 4.78 is 0. The molecule has 1 atom stereocenters. The highest BCUT2D eigenvalue weighted by atomic mass is 14.4. The molecule has 0 saturated carbocycles. The molecule has 0 amide bonds. The average Bonchev–Trinajstić information content (AvgIpc) is 2.42. The molecule has 1 unspecified atom stereocenters. The maximum absolute atomic E-state index is 2.39. The number of allylic oxidation sites excluding steroid dienone is 12. The maximum Gasteiger partial charge on any atom is 0.0348 e. The van der Waals surface area contributed by atoms with Crippen molar-refractivity contribution in [2.75, 3.05) is 0 Å². The van der Waals surface area contributed by atoms with Crippen molar-refractivity contribution in [2.45, 2.75) is 33.6 Å². The minimum absolute atomic E-state index is 0.509. The molecule has 0 heterocycles. The summed E-state index contributed by atoms with van der Waals surface area (Å²) in [6.07, 6.45) is 16.0. The molecule has 0 fully saturated rings. The van der Waals surface area contributed by atoms with Crippen molar-refractivity contribution in [3.05, 3.63) is 69.9 Å². The Kier molecular flexibility index (Phi) is 2.74. The molecule has 92 valence electrons. The second kappa shape index (κ2) is 4.28. The fourth-order valence-electron chi connectivity index (χ4n) is 3.35. The van der Waals surface area contributed by atoms with Crippen molar-refractivity contribution in [2.24, 2.45) is 5.92 Å². The van der Waals surface area contributed by atoms with Gasteiger partial charge in [0, 0.05) is 5.92 Å². The van der Waals surface area contributed by atoms with Gasteiger partial charge in [-0.3, -0.25) is 0 Å². The molecule has 0 radical (unpaired) electrons. The Hall–Kier alpha value is -1.56. The van der Waals surface area contributed by atoms with E-state index in [2.05, 4.69) is 57.2 Å². The van der Waals surface area contributed by atoms with Crippen LogP contribution in [0.3, 0.4) is 0 Å². The van der Waals surface area contributed by atoms with Crippen LogP contribution in [0.25, 0.3) is 0 Å². The van der Waals surface area contributed by atoms with Gasteiger partial charge in [0.2, 0.25) is 0 Å². The third-order valence-corrected chi connectivity index (χ3v) is 4.27. The van der Waals surface area contributed by atoms with Gasteiger partial charge in [-0.15, -0.1) is 0 Å². The number of hydrogen-bond donors (Lipinski definition) is 0. The van der Waals surface area contributed by atoms with Gasteiger partial charge in [-0.05, 0) is 53.2 Å². The average molecular weight is 236 g/mol. The van der Waals surface area contributed by atoms with E-state index in [0.29, 0.717) is 5.92 Å². The highest BCUT2D eigenvalue weighted by Crippen LogP contribution is 2.47. The van der Waals surface area contributed by atoms with Crippen LogP contribution < -0.4 is 0 Å². The lowest BCUT2D eigenvalue weighted by molar-refractivity contribution is 0.796. The fourth-order valence-corrected chi connectivity index (χ4v) is 3.35. The molecule has 0 heteroatoms. The summed E-state index contributed by atoms with van der Waals surface area (Å²) in [5, 5.41) is 0. The molecular formula is C18H20. The van der Waals surface area contributed by atoms with Crippen LogP contribution >= 0.6 is 0 Å². The quantitative estimate of drug-likeness (QED) is 0.630. The zero-order valence-electron chi connectivity index (χ0n) is 11.5. The number of rotatable bonds is 2. The summed E-state index contributed by atoms with van der Waals surface area (Å²) in [5.41, 5.74) is 9.02. The Bertz CT molecular complexity index is 571. The van der Waals surface area contributed by atoms with Crippen LogP contribution in [-0.4, -0.2) is 0 Å². The van der Waals surface area contributed by atoms with E-state index < -0.39 is 0 Å². The minimum Gasteiger partial charge on any atom is -0.0616 e. The molecule has 3 aliphatic carbocycles. The predicted octanol–water partition coefficient (Wildman–Crippen LogP) is 5.04. The summed E-state index contributed by atoms with van der Waals surface area (Å²) in [5.74, 6) is 0.509. The van der Waals surface area contributed by atoms with Crippen LogP contribution in [0.1, 0.15) is 33.6 Å². The van der Waals surface area contributed by atoms with Gasteiger partial charge in [0.25, 0.3) is 0 Å². The summed E-state index contributed by atoms with van der Waals surface area (Å²) >= 11 is 0. The van der Waals surface area contributed by atoms with E-state index in [1.165, 1.54) is 27.9 Å². The molecule has 0 nitrogen and oxygen atoms in total. The first-order valence-corrected chi connectivity index (χ1v) is 6.97. The van der Waals surface area contributed by atoms with Crippen LogP contribution in [0.2, 0.25) is 0 Å². The Morgan fingerprint density at radius 2 is 1.89 bits per heavy atom. The normalized spacial score (nSPS) is 25.2. The van der Waals surface area contributed by atoms with Gasteiger partial charge >= 0.3 is 0 Å². The van der Waals surface area contributed by atoms with E-state index in [9.17, 15) is 0 Å². The lowest BCUT2D eigenvalue weighted by atomic mass is 9.68. The lowest BCUT2D eigenvalue weighted by Crippen LogP contribution is -2.21. The monoisotopic (exact) mass is 236 g/mol. The Morgan fingerprint density at radius 3 is 2.61 bits per heavy atom. The fraction of sp³-hybridized carbons (Fsp3) is 0.333. The standard InChI is InChI=1S/C18H20/c1-4-13-9-10-15-7-6-8-16-12(3)11-14(5-2)17(13)18(15)16/h6-11,18H,4-5H2,1-3H3. The smallest absolute Gasteiger partial charge is 0.0348 e. The summed E-state index contributed by atoms with van der Waals surface area (Å²) in [6, 6.07) is 0. The van der Waals surface area contributed by atoms with Gasteiger partial charge in [-0.1, -0.05) is 50.3 Å². The van der Waals surface area contributed by atoms with Gasteiger partial charge in [0.05, 0.1) is 0 Å². The van der Waals surface area contributed by atoms with E-state index in [4.69, 9.17) is 0 Å². The molecule has 0 saturated heterocycles. The van der Waals surface area contributed by atoms with Gasteiger partial charge in [0.15, 0.2) is 0 Å². The Morgan fingerprint density at radius 1 is 1.06 bits per heavy atom. The Labute approximate surface area is 110 Å². The molecule has 0 spiro atoms. The van der Waals surface area contributed by atoms with E-state index >= 15 is 0 Å². The number of hydrogen-bond acceptors (Lipinski definition) is 0. The van der Waals surface area contributed by atoms with Crippen molar-refractivity contribution >= 4 is 0 Å². The minimum atomic E-state index is 0.509. The molecular weight excluding hydrogens is 216 g/mol. The molecule has 18 heavy (non-hydrogen) atoms. The van der Waals surface area contributed by atoms with E-state index in [0.717, 1.165) is 12.8 Å². The van der Waals surface area contributed by atoms with E-state index in [1.54, 1.807) is 5.57 Å². The van der Waals surface area contributed by atoms with Gasteiger partial charge in [-0.2, -0.15) is 0 Å². The van der Waals surface area contributed by atoms with Crippen molar-refractivity contribution in [1.29, 1.82) is 0 Å². The highest BCUT2D eigenvalue weighted by Gasteiger charge is 2.32. The highest BCUT2D eigenvalue weighted by molar-refractivity contribution is 5.65. The van der Waals surface area contributed by atoms with Crippen molar-refractivity contribution < 1.29 is 0 Å². The lowest BCUT2D eigenvalue weighted by Gasteiger charge is -2.36. The molecule has 3 aliphatic rings. The van der Waals surface area contributed by atoms with Crippen molar-refractivity contribution in [3.63, 3.8) is 0 Å². The largest absolute Gasteiger partial charge is 0.0616 e. The van der Waals surface area contributed by atoms with Crippen molar-refractivity contribution in [1.82, 2.24) is 0 Å². The summed E-state index contributed by atoms with van der Waals surface area (Å²) in [4.78, 5) is 0. The third-order valence-electron chi connectivity index (χ3n) is 4.27. The van der Waals surface area contributed by atoms with E-state index in [-0.39, 0.29) is 0 Å². The summed E-state index contributed by atoms with van der Waals surface area (Å²) in [6.45, 7) is 6.78. The van der Waals surface area contributed by atoms with Crippen LogP contribution in [0.15, 0.2) is 69.9 Å². The first-order valence-electron chi connectivity index (χ1n) is 6.97. The second-order valence-corrected chi connectivity index (χ2v) is 5.25. The van der Waals surface area contributed by atoms with Crippen LogP contribution in [0, 0.1) is 5.92 Å². The molecule has 3 rings (SSSR count). The van der Waals surface area contributed by atoms with Crippen LogP contribution in [0.4, 0.5) is 0 Å². The molecule has 0 aliphatic heterocycles. The molecule has 0 aromatic heterocycles. The molecule has 0 aromatic rings. The third kappa shape index (κ3) is 1.52. The Balaban J connectivity index is 2.27. The zero-order chi connectivity index (χ0) is 12.7. The maximum atomic E-state index is 2.39. The first kappa shape index (κ1) is 11.5. The van der Waals surface area contributed by atoms with Gasteiger partial charge in [-0.25, -0.2) is 0 Å². The first-order chi connectivity index (χ1) is 8.76. The van der Waals surface area contributed by atoms with Crippen LogP contribution in [0.5, 0.6) is 0 Å². The van der Waals surface area contributed by atoms with Crippen molar-refractivity contribution in [3.8, 4) is 0 Å². The predicted molar refractivity (Wildman–Crippen MR) is 78.2 cm³/mol. The topological polar surface area (TPSA) is 0 Å². The molecule has 0 bridgehead atoms. The zero-order valence-corrected chi connectivity index (χ0v) is 11.5. The SMILES string of the molecule is CCC1=CC=C2C=CC=C3C(C)=CC(CC)=C1C23. The van der Waals surface area contributed by atoms with E-state index in [1.807, 2.05) is 0 Å². The van der Waals surface area contributed by atoms with Gasteiger partial charge < -0.3 is 0 Å². The second-order valence-electron chi connectivity index (χ2n) is 5.25. The molecule has 0 N–H and O–H groups in total.